The van der Waals surface area contributed by atoms with Gasteiger partial charge in [0.05, 0.1) is 4.90 Å². The fourth-order valence-corrected chi connectivity index (χ4v) is 3.54. The van der Waals surface area contributed by atoms with Crippen molar-refractivity contribution in [3.8, 4) is 0 Å². The van der Waals surface area contributed by atoms with Gasteiger partial charge < -0.3 is 10.1 Å². The molecule has 0 spiro atoms. The molecule has 0 aromatic heterocycles. The van der Waals surface area contributed by atoms with Crippen LogP contribution in [0.5, 0.6) is 0 Å². The average Bonchev–Trinajstić information content (AvgIpc) is 2.60. The van der Waals surface area contributed by atoms with E-state index in [2.05, 4.69) is 10.0 Å². The Kier molecular flexibility index (Phi) is 6.74. The molecule has 1 amide bonds. The number of carbonyl (C=O) groups excluding carboxylic acids is 2. The average molecular weight is 354 g/mol. The molecule has 0 saturated heterocycles. The van der Waals surface area contributed by atoms with Crippen molar-refractivity contribution in [1.82, 2.24) is 10.0 Å². The highest BCUT2D eigenvalue weighted by atomic mass is 32.2. The van der Waals surface area contributed by atoms with Crippen molar-refractivity contribution in [3.63, 3.8) is 0 Å². The van der Waals surface area contributed by atoms with Crippen molar-refractivity contribution < 1.29 is 22.7 Å². The van der Waals surface area contributed by atoms with Crippen LogP contribution in [0.25, 0.3) is 0 Å². The first kappa shape index (κ1) is 18.4. The summed E-state index contributed by atoms with van der Waals surface area (Å²) in [5.74, 6) is -1.16. The van der Waals surface area contributed by atoms with E-state index in [4.69, 9.17) is 4.74 Å². The second-order valence-electron chi connectivity index (χ2n) is 5.70. The summed E-state index contributed by atoms with van der Waals surface area (Å²) < 4.78 is 30.8. The Labute approximate surface area is 141 Å². The molecule has 1 fully saturated rings. The fraction of sp³-hybridized carbons (Fsp3) is 0.500. The largest absolute Gasteiger partial charge is 0.455 e. The zero-order valence-corrected chi connectivity index (χ0v) is 14.2. The first-order chi connectivity index (χ1) is 11.5. The van der Waals surface area contributed by atoms with Gasteiger partial charge in [0.1, 0.15) is 6.54 Å². The smallest absolute Gasteiger partial charge is 0.321 e. The van der Waals surface area contributed by atoms with Gasteiger partial charge in [0.25, 0.3) is 5.91 Å². The molecule has 2 N–H and O–H groups in total. The highest BCUT2D eigenvalue weighted by molar-refractivity contribution is 7.89. The van der Waals surface area contributed by atoms with Gasteiger partial charge >= 0.3 is 5.97 Å². The van der Waals surface area contributed by atoms with Crippen LogP contribution in [0, 0.1) is 0 Å². The number of ether oxygens (including phenoxy) is 1. The first-order valence-corrected chi connectivity index (χ1v) is 9.45. The number of carbonyl (C=O) groups is 2. The van der Waals surface area contributed by atoms with E-state index >= 15 is 0 Å². The quantitative estimate of drug-likeness (QED) is 0.710. The van der Waals surface area contributed by atoms with E-state index in [1.807, 2.05) is 0 Å². The molecule has 0 aliphatic heterocycles. The maximum Gasteiger partial charge on any atom is 0.321 e. The maximum absolute atomic E-state index is 11.9. The highest BCUT2D eigenvalue weighted by Gasteiger charge is 2.18. The molecule has 24 heavy (non-hydrogen) atoms. The predicted octanol–water partition coefficient (Wildman–Crippen LogP) is 0.957. The second kappa shape index (κ2) is 8.79. The lowest BCUT2D eigenvalue weighted by molar-refractivity contribution is -0.147. The molecule has 1 aliphatic rings. The lowest BCUT2D eigenvalue weighted by Gasteiger charge is -2.22. The monoisotopic (exact) mass is 354 g/mol. The summed E-state index contributed by atoms with van der Waals surface area (Å²) in [6, 6.07) is 7.85. The number of hydrogen-bond donors (Lipinski definition) is 2. The lowest BCUT2D eigenvalue weighted by atomic mass is 9.95. The number of amides is 1. The summed E-state index contributed by atoms with van der Waals surface area (Å²) >= 11 is 0. The minimum absolute atomic E-state index is 0.0628. The van der Waals surface area contributed by atoms with E-state index in [0.717, 1.165) is 25.7 Å². The van der Waals surface area contributed by atoms with Crippen LogP contribution in [0.15, 0.2) is 35.2 Å². The number of rotatable bonds is 7. The Bertz CT molecular complexity index is 654. The zero-order chi connectivity index (χ0) is 17.4. The van der Waals surface area contributed by atoms with Crippen molar-refractivity contribution in [3.05, 3.63) is 30.3 Å². The zero-order valence-electron chi connectivity index (χ0n) is 13.4. The minimum atomic E-state index is -3.77. The van der Waals surface area contributed by atoms with Crippen LogP contribution in [-0.2, 0) is 24.3 Å². The summed E-state index contributed by atoms with van der Waals surface area (Å²) in [6.45, 7) is -0.920. The van der Waals surface area contributed by atoms with Crippen LogP contribution >= 0.6 is 0 Å². The second-order valence-corrected chi connectivity index (χ2v) is 7.47. The Morgan fingerprint density at radius 3 is 2.42 bits per heavy atom. The molecule has 1 saturated carbocycles. The first-order valence-electron chi connectivity index (χ1n) is 7.97. The van der Waals surface area contributed by atoms with E-state index in [-0.39, 0.29) is 16.8 Å². The molecule has 1 aliphatic carbocycles. The van der Waals surface area contributed by atoms with Gasteiger partial charge in [0.15, 0.2) is 6.61 Å². The highest BCUT2D eigenvalue weighted by Crippen LogP contribution is 2.17. The Morgan fingerprint density at radius 1 is 1.08 bits per heavy atom. The molecule has 0 bridgehead atoms. The lowest BCUT2D eigenvalue weighted by Crippen LogP contribution is -2.39. The van der Waals surface area contributed by atoms with Gasteiger partial charge in [-0.25, -0.2) is 8.42 Å². The van der Waals surface area contributed by atoms with Crippen molar-refractivity contribution in [2.75, 3.05) is 13.2 Å². The fourth-order valence-electron chi connectivity index (χ4n) is 2.55. The van der Waals surface area contributed by atoms with Gasteiger partial charge in [-0.2, -0.15) is 4.72 Å². The van der Waals surface area contributed by atoms with E-state index in [0.29, 0.717) is 0 Å². The van der Waals surface area contributed by atoms with Crippen LogP contribution in [-0.4, -0.2) is 39.5 Å². The van der Waals surface area contributed by atoms with Crippen LogP contribution in [0.4, 0.5) is 0 Å². The van der Waals surface area contributed by atoms with E-state index < -0.39 is 29.1 Å². The summed E-state index contributed by atoms with van der Waals surface area (Å²) in [5.41, 5.74) is 0. The molecular formula is C16H22N2O5S. The molecule has 0 unspecified atom stereocenters. The molecule has 7 nitrogen and oxygen atoms in total. The molecular weight excluding hydrogens is 332 g/mol. The van der Waals surface area contributed by atoms with Gasteiger partial charge in [0, 0.05) is 6.04 Å². The number of esters is 1. The third-order valence-electron chi connectivity index (χ3n) is 3.79. The maximum atomic E-state index is 11.9. The summed E-state index contributed by atoms with van der Waals surface area (Å²) in [7, 11) is -3.77. The van der Waals surface area contributed by atoms with Crippen LogP contribution in [0.1, 0.15) is 32.1 Å². The molecule has 2 rings (SSSR count). The molecule has 132 valence electrons. The molecule has 8 heteroatoms. The van der Waals surface area contributed by atoms with Crippen LogP contribution in [0.2, 0.25) is 0 Å². The molecule has 1 aromatic rings. The van der Waals surface area contributed by atoms with Gasteiger partial charge in [-0.1, -0.05) is 37.5 Å². The van der Waals surface area contributed by atoms with Crippen LogP contribution in [0.3, 0.4) is 0 Å². The van der Waals surface area contributed by atoms with E-state index in [1.54, 1.807) is 18.2 Å². The molecule has 1 aromatic carbocycles. The predicted molar refractivity (Wildman–Crippen MR) is 87.6 cm³/mol. The minimum Gasteiger partial charge on any atom is -0.455 e. The summed E-state index contributed by atoms with van der Waals surface area (Å²) in [5, 5.41) is 2.82. The molecule has 0 heterocycles. The van der Waals surface area contributed by atoms with Gasteiger partial charge in [0.2, 0.25) is 10.0 Å². The number of nitrogens with one attached hydrogen (secondary N) is 2. The van der Waals surface area contributed by atoms with Gasteiger partial charge in [-0.3, -0.25) is 9.59 Å². The van der Waals surface area contributed by atoms with Crippen molar-refractivity contribution in [1.29, 1.82) is 0 Å². The normalized spacial score (nSPS) is 15.7. The number of hydrogen-bond acceptors (Lipinski definition) is 5. The third kappa shape index (κ3) is 5.93. The molecule has 0 radical (unpaired) electrons. The van der Waals surface area contributed by atoms with E-state index in [1.165, 1.54) is 18.6 Å². The standard InChI is InChI=1S/C16H22N2O5S/c19-15(18-13-7-3-1-4-8-13)12-23-16(20)11-17-24(21,22)14-9-5-2-6-10-14/h2,5-6,9-10,13,17H,1,3-4,7-8,11-12H2,(H,18,19). The van der Waals surface area contributed by atoms with E-state index in [9.17, 15) is 18.0 Å². The van der Waals surface area contributed by atoms with Crippen LogP contribution < -0.4 is 10.0 Å². The summed E-state index contributed by atoms with van der Waals surface area (Å²) in [4.78, 5) is 23.4. The van der Waals surface area contributed by atoms with Gasteiger partial charge in [-0.15, -0.1) is 0 Å². The Balaban J connectivity index is 1.70. The van der Waals surface area contributed by atoms with Gasteiger partial charge in [-0.05, 0) is 25.0 Å². The Morgan fingerprint density at radius 2 is 1.75 bits per heavy atom. The van der Waals surface area contributed by atoms with Crippen molar-refractivity contribution in [2.24, 2.45) is 0 Å². The van der Waals surface area contributed by atoms with Crippen molar-refractivity contribution in [2.45, 2.75) is 43.0 Å². The topological polar surface area (TPSA) is 102 Å². The SMILES string of the molecule is O=C(COC(=O)CNS(=O)(=O)c1ccccc1)NC1CCCCC1. The number of benzene rings is 1. The molecule has 0 atom stereocenters. The Hall–Kier alpha value is -1.93. The number of sulfonamides is 1. The third-order valence-corrected chi connectivity index (χ3v) is 5.21. The summed E-state index contributed by atoms with van der Waals surface area (Å²) in [6.07, 6.45) is 5.24. The van der Waals surface area contributed by atoms with Crippen molar-refractivity contribution >= 4 is 21.9 Å².